The van der Waals surface area contributed by atoms with Gasteiger partial charge in [0, 0.05) is 40.0 Å². The Morgan fingerprint density at radius 1 is 1.22 bits per heavy atom. The molecule has 3 aromatic rings. The summed E-state index contributed by atoms with van der Waals surface area (Å²) in [7, 11) is 0. The van der Waals surface area contributed by atoms with Crippen molar-refractivity contribution in [1.29, 1.82) is 0 Å². The number of rotatable bonds is 5. The van der Waals surface area contributed by atoms with Crippen molar-refractivity contribution in [2.45, 2.75) is 64.6 Å². The van der Waals surface area contributed by atoms with Crippen LogP contribution >= 0.6 is 15.9 Å². The fraction of sp³-hybridized carbons (Fsp3) is 0.448. The number of benzene rings is 2. The first-order valence-corrected chi connectivity index (χ1v) is 13.6. The number of nitrogens with zero attached hydrogens (tertiary/aromatic N) is 1. The van der Waals surface area contributed by atoms with Gasteiger partial charge in [0.25, 0.3) is 0 Å². The number of amides is 1. The summed E-state index contributed by atoms with van der Waals surface area (Å²) < 4.78 is 26.4. The first-order valence-electron chi connectivity index (χ1n) is 12.8. The van der Waals surface area contributed by atoms with Crippen LogP contribution in [0.4, 0.5) is 4.39 Å². The third-order valence-electron chi connectivity index (χ3n) is 8.16. The highest BCUT2D eigenvalue weighted by molar-refractivity contribution is 9.10. The summed E-state index contributed by atoms with van der Waals surface area (Å²) in [4.78, 5) is 28.0. The molecular weight excluding hydrogens is 541 g/mol. The van der Waals surface area contributed by atoms with E-state index >= 15 is 0 Å². The summed E-state index contributed by atoms with van der Waals surface area (Å²) in [6.45, 7) is 4.69. The topological polar surface area (TPSA) is 80.0 Å². The second kappa shape index (κ2) is 10.2. The molecule has 1 aliphatic heterocycles. The zero-order chi connectivity index (χ0) is 26.3. The van der Waals surface area contributed by atoms with Gasteiger partial charge in [0.15, 0.2) is 0 Å². The summed E-state index contributed by atoms with van der Waals surface area (Å²) in [6.07, 6.45) is 4.39. The van der Waals surface area contributed by atoms with E-state index in [1.807, 2.05) is 13.0 Å². The van der Waals surface area contributed by atoms with Gasteiger partial charge in [-0.15, -0.1) is 0 Å². The lowest BCUT2D eigenvalue weighted by Crippen LogP contribution is -2.55. The van der Waals surface area contributed by atoms with Crippen molar-refractivity contribution < 1.29 is 23.4 Å². The largest absolute Gasteiger partial charge is 0.488 e. The van der Waals surface area contributed by atoms with Gasteiger partial charge in [-0.2, -0.15) is 0 Å². The van der Waals surface area contributed by atoms with Crippen LogP contribution in [0, 0.1) is 25.6 Å². The fourth-order valence-corrected chi connectivity index (χ4v) is 6.12. The Balaban J connectivity index is 1.35. The van der Waals surface area contributed by atoms with E-state index in [4.69, 9.17) is 9.15 Å². The highest BCUT2D eigenvalue weighted by atomic mass is 79.9. The first kappa shape index (κ1) is 25.9. The molecule has 1 aliphatic carbocycles. The maximum atomic E-state index is 14.2. The standard InChI is InChI=1S/C29H31BrFNO5/c1-17-22-8-9-25(36-16-19-6-7-21(30)13-24(19)31)18(2)27(22)37-28(34)23(17)14-26(33)32-12-11-29(35)10-4-3-5-20(29)15-32/h6-9,13,20,35H,3-5,10-12,14-16H2,1-2H3/t20-,29+/m1/s1. The number of halogens is 2. The highest BCUT2D eigenvalue weighted by Gasteiger charge is 2.43. The zero-order valence-electron chi connectivity index (χ0n) is 21.1. The minimum Gasteiger partial charge on any atom is -0.488 e. The summed E-state index contributed by atoms with van der Waals surface area (Å²) in [5.41, 5.74) is 1.32. The van der Waals surface area contributed by atoms with Gasteiger partial charge >= 0.3 is 5.63 Å². The predicted octanol–water partition coefficient (Wildman–Crippen LogP) is 5.59. The molecule has 1 saturated carbocycles. The molecule has 1 amide bonds. The van der Waals surface area contributed by atoms with E-state index in [0.717, 1.165) is 31.1 Å². The molecular formula is C29H31BrFNO5. The third kappa shape index (κ3) is 5.06. The molecule has 2 heterocycles. The van der Waals surface area contributed by atoms with Crippen molar-refractivity contribution in [3.63, 3.8) is 0 Å². The number of hydrogen-bond donors (Lipinski definition) is 1. The Morgan fingerprint density at radius 3 is 2.81 bits per heavy atom. The summed E-state index contributed by atoms with van der Waals surface area (Å²) in [6, 6.07) is 8.38. The van der Waals surface area contributed by atoms with Crippen molar-refractivity contribution >= 4 is 32.8 Å². The van der Waals surface area contributed by atoms with Crippen LogP contribution in [0.5, 0.6) is 5.75 Å². The van der Waals surface area contributed by atoms with Crippen LogP contribution in [-0.2, 0) is 17.8 Å². The van der Waals surface area contributed by atoms with Gasteiger partial charge in [-0.25, -0.2) is 9.18 Å². The molecule has 0 unspecified atom stereocenters. The lowest BCUT2D eigenvalue weighted by atomic mass is 9.71. The number of fused-ring (bicyclic) bond motifs is 2. The third-order valence-corrected chi connectivity index (χ3v) is 8.65. The quantitative estimate of drug-likeness (QED) is 0.404. The van der Waals surface area contributed by atoms with Gasteiger partial charge in [-0.1, -0.05) is 34.8 Å². The molecule has 0 radical (unpaired) electrons. The van der Waals surface area contributed by atoms with Crippen molar-refractivity contribution in [3.05, 3.63) is 73.3 Å². The van der Waals surface area contributed by atoms with Gasteiger partial charge in [0.1, 0.15) is 23.8 Å². The molecule has 2 fully saturated rings. The lowest BCUT2D eigenvalue weighted by molar-refractivity contribution is -0.142. The monoisotopic (exact) mass is 571 g/mol. The van der Waals surface area contributed by atoms with Gasteiger partial charge in [-0.3, -0.25) is 4.79 Å². The van der Waals surface area contributed by atoms with Crippen LogP contribution in [0.1, 0.15) is 54.4 Å². The smallest absolute Gasteiger partial charge is 0.340 e. The lowest BCUT2D eigenvalue weighted by Gasteiger charge is -2.47. The normalized spacial score (nSPS) is 21.6. The molecule has 37 heavy (non-hydrogen) atoms. The molecule has 0 bridgehead atoms. The van der Waals surface area contributed by atoms with Gasteiger partial charge < -0.3 is 19.2 Å². The average Bonchev–Trinajstić information content (AvgIpc) is 2.86. The number of carbonyl (C=O) groups excluding carboxylic acids is 1. The summed E-state index contributed by atoms with van der Waals surface area (Å²) >= 11 is 3.25. The SMILES string of the molecule is Cc1c(CC(=O)N2CC[C@@]3(O)CCCC[C@@H]3C2)c(=O)oc2c(C)c(OCc3ccc(Br)cc3F)ccc12. The molecule has 1 aromatic heterocycles. The number of piperidine rings is 1. The maximum Gasteiger partial charge on any atom is 0.340 e. The number of hydrogen-bond acceptors (Lipinski definition) is 5. The number of ether oxygens (including phenoxy) is 1. The minimum absolute atomic E-state index is 0.0323. The Morgan fingerprint density at radius 2 is 2.03 bits per heavy atom. The van der Waals surface area contributed by atoms with E-state index in [0.29, 0.717) is 57.6 Å². The van der Waals surface area contributed by atoms with E-state index in [9.17, 15) is 19.1 Å². The van der Waals surface area contributed by atoms with Crippen LogP contribution in [0.25, 0.3) is 11.0 Å². The highest BCUT2D eigenvalue weighted by Crippen LogP contribution is 2.40. The van der Waals surface area contributed by atoms with E-state index in [2.05, 4.69) is 15.9 Å². The van der Waals surface area contributed by atoms with E-state index in [1.165, 1.54) is 6.07 Å². The molecule has 1 saturated heterocycles. The fourth-order valence-electron chi connectivity index (χ4n) is 5.79. The number of likely N-dealkylation sites (tertiary alicyclic amines) is 1. The van der Waals surface area contributed by atoms with Crippen LogP contribution in [-0.4, -0.2) is 34.6 Å². The van der Waals surface area contributed by atoms with Gasteiger partial charge in [-0.05, 0) is 62.9 Å². The zero-order valence-corrected chi connectivity index (χ0v) is 22.7. The summed E-state index contributed by atoms with van der Waals surface area (Å²) in [5, 5.41) is 11.7. The molecule has 1 N–H and O–H groups in total. The van der Waals surface area contributed by atoms with E-state index < -0.39 is 11.2 Å². The molecule has 5 rings (SSSR count). The molecule has 6 nitrogen and oxygen atoms in total. The van der Waals surface area contributed by atoms with Crippen molar-refractivity contribution in [2.24, 2.45) is 5.92 Å². The summed E-state index contributed by atoms with van der Waals surface area (Å²) in [5.74, 6) is 0.108. The number of aliphatic hydroxyl groups is 1. The molecule has 8 heteroatoms. The van der Waals surface area contributed by atoms with Crippen LogP contribution in [0.15, 0.2) is 44.0 Å². The molecule has 2 atom stereocenters. The van der Waals surface area contributed by atoms with Crippen molar-refractivity contribution in [2.75, 3.05) is 13.1 Å². The molecule has 2 aliphatic rings. The second-order valence-electron chi connectivity index (χ2n) is 10.4. The maximum absolute atomic E-state index is 14.2. The van der Waals surface area contributed by atoms with Crippen LogP contribution < -0.4 is 10.4 Å². The molecule has 196 valence electrons. The van der Waals surface area contributed by atoms with Gasteiger partial charge in [0.2, 0.25) is 5.91 Å². The van der Waals surface area contributed by atoms with Crippen LogP contribution in [0.2, 0.25) is 0 Å². The molecule has 2 aromatic carbocycles. The number of carbonyl (C=O) groups is 1. The second-order valence-corrected chi connectivity index (χ2v) is 11.3. The Hall–Kier alpha value is -2.71. The minimum atomic E-state index is -0.659. The predicted molar refractivity (Wildman–Crippen MR) is 142 cm³/mol. The van der Waals surface area contributed by atoms with Gasteiger partial charge in [0.05, 0.1) is 17.6 Å². The molecule has 0 spiro atoms. The first-order chi connectivity index (χ1) is 17.7. The van der Waals surface area contributed by atoms with Crippen molar-refractivity contribution in [1.82, 2.24) is 4.90 Å². The van der Waals surface area contributed by atoms with Crippen molar-refractivity contribution in [3.8, 4) is 5.75 Å². The van der Waals surface area contributed by atoms with Crippen LogP contribution in [0.3, 0.4) is 0 Å². The Kier molecular flexibility index (Phi) is 7.16. The number of aryl methyl sites for hydroxylation is 2. The van der Waals surface area contributed by atoms with E-state index in [1.54, 1.807) is 30.0 Å². The van der Waals surface area contributed by atoms with E-state index in [-0.39, 0.29) is 30.7 Å². The average molecular weight is 572 g/mol. The Bertz CT molecular complexity index is 1420. The Labute approximate surface area is 223 Å².